The molecule has 3 aromatic heterocycles. The van der Waals surface area contributed by atoms with Crippen LogP contribution in [0.25, 0.3) is 11.0 Å². The lowest BCUT2D eigenvalue weighted by molar-refractivity contribution is 0.470. The summed E-state index contributed by atoms with van der Waals surface area (Å²) >= 11 is 0. The molecule has 0 saturated heterocycles. The Morgan fingerprint density at radius 3 is 2.55 bits per heavy atom. The summed E-state index contributed by atoms with van der Waals surface area (Å²) in [7, 11) is 0. The number of nitrogens with zero attached hydrogens (tertiary/aromatic N) is 3. The number of rotatable bonds is 2. The van der Waals surface area contributed by atoms with Crippen molar-refractivity contribution >= 4 is 16.9 Å². The van der Waals surface area contributed by atoms with E-state index >= 15 is 0 Å². The van der Waals surface area contributed by atoms with Crippen LogP contribution in [0.2, 0.25) is 0 Å². The van der Waals surface area contributed by atoms with Gasteiger partial charge in [-0.1, -0.05) is 0 Å². The van der Waals surface area contributed by atoms with E-state index in [9.17, 15) is 0 Å². The van der Waals surface area contributed by atoms with Gasteiger partial charge in [0.2, 0.25) is 0 Å². The number of hydrogen-bond acceptors (Lipinski definition) is 4. The third kappa shape index (κ3) is 1.86. The van der Waals surface area contributed by atoms with Crippen molar-refractivity contribution in [3.05, 3.63) is 40.7 Å². The monoisotopic (exact) mass is 270 g/mol. The van der Waals surface area contributed by atoms with Gasteiger partial charge in [0.15, 0.2) is 0 Å². The van der Waals surface area contributed by atoms with E-state index in [4.69, 9.17) is 10.2 Å². The van der Waals surface area contributed by atoms with Gasteiger partial charge in [-0.25, -0.2) is 9.97 Å². The lowest BCUT2D eigenvalue weighted by atomic mass is 10.2. The minimum Gasteiger partial charge on any atom is -0.464 e. The highest BCUT2D eigenvalue weighted by molar-refractivity contribution is 5.91. The van der Waals surface area contributed by atoms with Gasteiger partial charge in [-0.2, -0.15) is 0 Å². The molecule has 0 aromatic carbocycles. The molecule has 3 rings (SSSR count). The lowest BCUT2D eigenvalue weighted by Gasteiger charge is -2.06. The zero-order valence-corrected chi connectivity index (χ0v) is 12.2. The van der Waals surface area contributed by atoms with E-state index in [1.165, 1.54) is 0 Å². The molecule has 20 heavy (non-hydrogen) atoms. The van der Waals surface area contributed by atoms with E-state index in [1.54, 1.807) is 0 Å². The van der Waals surface area contributed by atoms with Crippen molar-refractivity contribution < 1.29 is 4.42 Å². The molecule has 0 unspecified atom stereocenters. The molecule has 104 valence electrons. The maximum Gasteiger partial charge on any atom is 0.146 e. The number of hydrogen-bond donors (Lipinski definition) is 1. The molecule has 0 aliphatic carbocycles. The third-order valence-electron chi connectivity index (χ3n) is 3.72. The smallest absolute Gasteiger partial charge is 0.146 e. The van der Waals surface area contributed by atoms with E-state index in [1.807, 2.05) is 26.0 Å². The predicted molar refractivity (Wildman–Crippen MR) is 78.7 cm³/mol. The molecule has 3 heterocycles. The van der Waals surface area contributed by atoms with Gasteiger partial charge < -0.3 is 14.7 Å². The van der Waals surface area contributed by atoms with Gasteiger partial charge in [-0.3, -0.25) is 0 Å². The summed E-state index contributed by atoms with van der Waals surface area (Å²) in [5.74, 6) is 3.06. The second-order valence-electron chi connectivity index (χ2n) is 5.16. The summed E-state index contributed by atoms with van der Waals surface area (Å²) < 4.78 is 7.80. The molecular weight excluding hydrogens is 252 g/mol. The SMILES string of the molecule is Cc1nc(N)c2c(C)c(C)n(Cc3ccc(C)o3)c2n1. The van der Waals surface area contributed by atoms with Crippen LogP contribution in [-0.2, 0) is 6.54 Å². The number of aromatic nitrogens is 3. The highest BCUT2D eigenvalue weighted by Gasteiger charge is 2.17. The minimum atomic E-state index is 0.544. The Kier molecular flexibility index (Phi) is 2.78. The first kappa shape index (κ1) is 12.7. The highest BCUT2D eigenvalue weighted by atomic mass is 16.3. The van der Waals surface area contributed by atoms with E-state index in [0.717, 1.165) is 33.8 Å². The van der Waals surface area contributed by atoms with Gasteiger partial charge >= 0.3 is 0 Å². The van der Waals surface area contributed by atoms with Crippen LogP contribution in [0.15, 0.2) is 16.5 Å². The van der Waals surface area contributed by atoms with Crippen LogP contribution in [0, 0.1) is 27.7 Å². The van der Waals surface area contributed by atoms with Crippen LogP contribution in [-0.4, -0.2) is 14.5 Å². The second kappa shape index (κ2) is 4.37. The normalized spacial score (nSPS) is 11.4. The molecule has 0 spiro atoms. The molecular formula is C15H18N4O. The summed E-state index contributed by atoms with van der Waals surface area (Å²) in [5.41, 5.74) is 9.19. The molecule has 0 bridgehead atoms. The Hall–Kier alpha value is -2.30. The number of fused-ring (bicyclic) bond motifs is 1. The first-order valence-corrected chi connectivity index (χ1v) is 6.62. The Balaban J connectivity index is 2.22. The van der Waals surface area contributed by atoms with Crippen LogP contribution in [0.3, 0.4) is 0 Å². The number of nitrogen functional groups attached to an aromatic ring is 1. The summed E-state index contributed by atoms with van der Waals surface area (Å²) in [6.07, 6.45) is 0. The van der Waals surface area contributed by atoms with Gasteiger partial charge in [0, 0.05) is 5.69 Å². The zero-order chi connectivity index (χ0) is 14.4. The first-order chi connectivity index (χ1) is 9.47. The standard InChI is InChI=1S/C15H18N4O/c1-8-5-6-12(20-8)7-19-10(3)9(2)13-14(16)17-11(4)18-15(13)19/h5-6H,7H2,1-4H3,(H2,16,17,18). The molecule has 5 heteroatoms. The van der Waals surface area contributed by atoms with E-state index in [0.29, 0.717) is 18.2 Å². The number of furan rings is 1. The fourth-order valence-electron chi connectivity index (χ4n) is 2.60. The lowest BCUT2D eigenvalue weighted by Crippen LogP contribution is -2.04. The molecule has 5 nitrogen and oxygen atoms in total. The zero-order valence-electron chi connectivity index (χ0n) is 12.2. The van der Waals surface area contributed by atoms with Gasteiger partial charge in [-0.15, -0.1) is 0 Å². The van der Waals surface area contributed by atoms with Crippen molar-refractivity contribution in [2.24, 2.45) is 0 Å². The number of nitrogens with two attached hydrogens (primary N) is 1. The van der Waals surface area contributed by atoms with Gasteiger partial charge in [0.1, 0.15) is 28.8 Å². The molecule has 0 atom stereocenters. The fourth-order valence-corrected chi connectivity index (χ4v) is 2.60. The van der Waals surface area contributed by atoms with E-state index in [2.05, 4.69) is 28.4 Å². The Morgan fingerprint density at radius 2 is 1.90 bits per heavy atom. The summed E-state index contributed by atoms with van der Waals surface area (Å²) in [4.78, 5) is 8.81. The van der Waals surface area contributed by atoms with Gasteiger partial charge in [-0.05, 0) is 45.4 Å². The van der Waals surface area contributed by atoms with Crippen LogP contribution < -0.4 is 5.73 Å². The molecule has 3 aromatic rings. The largest absolute Gasteiger partial charge is 0.464 e. The number of aryl methyl sites for hydroxylation is 3. The Labute approximate surface area is 117 Å². The maximum atomic E-state index is 6.05. The van der Waals surface area contributed by atoms with Crippen LogP contribution in [0.1, 0.15) is 28.6 Å². The fraction of sp³-hybridized carbons (Fsp3) is 0.333. The van der Waals surface area contributed by atoms with Crippen molar-refractivity contribution in [1.29, 1.82) is 0 Å². The number of anilines is 1. The average Bonchev–Trinajstić information content (AvgIpc) is 2.87. The Morgan fingerprint density at radius 1 is 1.15 bits per heavy atom. The topological polar surface area (TPSA) is 69.9 Å². The Bertz CT molecular complexity index is 798. The van der Waals surface area contributed by atoms with Gasteiger partial charge in [0.05, 0.1) is 11.9 Å². The summed E-state index contributed by atoms with van der Waals surface area (Å²) in [5, 5.41) is 0.941. The minimum absolute atomic E-state index is 0.544. The third-order valence-corrected chi connectivity index (χ3v) is 3.72. The molecule has 0 fully saturated rings. The first-order valence-electron chi connectivity index (χ1n) is 6.62. The quantitative estimate of drug-likeness (QED) is 0.777. The summed E-state index contributed by atoms with van der Waals surface area (Å²) in [6, 6.07) is 3.96. The van der Waals surface area contributed by atoms with E-state index in [-0.39, 0.29) is 0 Å². The van der Waals surface area contributed by atoms with Gasteiger partial charge in [0.25, 0.3) is 0 Å². The maximum absolute atomic E-state index is 6.05. The van der Waals surface area contributed by atoms with Crippen molar-refractivity contribution in [2.45, 2.75) is 34.2 Å². The highest BCUT2D eigenvalue weighted by Crippen LogP contribution is 2.28. The molecule has 2 N–H and O–H groups in total. The van der Waals surface area contributed by atoms with Crippen molar-refractivity contribution in [1.82, 2.24) is 14.5 Å². The second-order valence-corrected chi connectivity index (χ2v) is 5.16. The average molecular weight is 270 g/mol. The molecule has 0 radical (unpaired) electrons. The van der Waals surface area contributed by atoms with Crippen molar-refractivity contribution in [3.8, 4) is 0 Å². The predicted octanol–water partition coefficient (Wildman–Crippen LogP) is 2.89. The summed E-state index contributed by atoms with van der Waals surface area (Å²) in [6.45, 7) is 8.58. The molecule has 0 saturated carbocycles. The molecule has 0 aliphatic rings. The van der Waals surface area contributed by atoms with Crippen LogP contribution in [0.4, 0.5) is 5.82 Å². The van der Waals surface area contributed by atoms with Crippen molar-refractivity contribution in [2.75, 3.05) is 5.73 Å². The van der Waals surface area contributed by atoms with E-state index < -0.39 is 0 Å². The van der Waals surface area contributed by atoms with Crippen molar-refractivity contribution in [3.63, 3.8) is 0 Å². The van der Waals surface area contributed by atoms with Crippen LogP contribution >= 0.6 is 0 Å². The van der Waals surface area contributed by atoms with Crippen LogP contribution in [0.5, 0.6) is 0 Å². The molecule has 0 amide bonds. The molecule has 0 aliphatic heterocycles.